The van der Waals surface area contributed by atoms with Crippen molar-refractivity contribution in [1.82, 2.24) is 14.9 Å². The van der Waals surface area contributed by atoms with Crippen molar-refractivity contribution in [3.63, 3.8) is 0 Å². The maximum atomic E-state index is 13.3. The van der Waals surface area contributed by atoms with Crippen LogP contribution in [0.4, 0.5) is 29.5 Å². The Bertz CT molecular complexity index is 1180. The Morgan fingerprint density at radius 1 is 0.943 bits per heavy atom. The van der Waals surface area contributed by atoms with E-state index in [1.165, 1.54) is 18.2 Å². The normalized spacial score (nSPS) is 14.5. The molecule has 0 saturated carbocycles. The van der Waals surface area contributed by atoms with Crippen molar-refractivity contribution in [3.05, 3.63) is 82.8 Å². The first-order valence-corrected chi connectivity index (χ1v) is 11.6. The number of benzene rings is 2. The lowest BCUT2D eigenvalue weighted by Crippen LogP contribution is -2.38. The van der Waals surface area contributed by atoms with E-state index in [4.69, 9.17) is 4.98 Å². The van der Waals surface area contributed by atoms with E-state index in [1.807, 2.05) is 32.0 Å². The van der Waals surface area contributed by atoms with Crippen LogP contribution in [0.2, 0.25) is 0 Å². The first-order valence-electron chi connectivity index (χ1n) is 11.6. The molecular formula is C26H28F3N5O. The van der Waals surface area contributed by atoms with Crippen molar-refractivity contribution in [1.29, 1.82) is 0 Å². The van der Waals surface area contributed by atoms with Gasteiger partial charge in [0.05, 0.1) is 11.3 Å². The van der Waals surface area contributed by atoms with E-state index >= 15 is 0 Å². The van der Waals surface area contributed by atoms with Crippen LogP contribution < -0.4 is 10.2 Å². The van der Waals surface area contributed by atoms with Gasteiger partial charge >= 0.3 is 12.2 Å². The number of aryl methyl sites for hydroxylation is 2. The molecular weight excluding hydrogens is 455 g/mol. The van der Waals surface area contributed by atoms with Crippen LogP contribution in [0.15, 0.2) is 54.6 Å². The molecule has 1 aromatic heterocycles. The van der Waals surface area contributed by atoms with Crippen LogP contribution in [-0.4, -0.2) is 47.1 Å². The fourth-order valence-corrected chi connectivity index (χ4v) is 4.35. The highest BCUT2D eigenvalue weighted by atomic mass is 19.4. The van der Waals surface area contributed by atoms with Crippen molar-refractivity contribution in [2.75, 3.05) is 36.4 Å². The summed E-state index contributed by atoms with van der Waals surface area (Å²) in [5.41, 5.74) is 2.02. The number of nitrogens with zero attached hydrogens (tertiary/aromatic N) is 4. The molecule has 1 aliphatic rings. The van der Waals surface area contributed by atoms with Gasteiger partial charge in [-0.25, -0.2) is 14.8 Å². The highest BCUT2D eigenvalue weighted by molar-refractivity contribution is 5.90. The van der Waals surface area contributed by atoms with Gasteiger partial charge in [0, 0.05) is 43.9 Å². The minimum Gasteiger partial charge on any atom is -0.354 e. The Morgan fingerprint density at radius 2 is 1.66 bits per heavy atom. The SMILES string of the molecule is Cc1nc(C)c(Cc2ccccc2)c(N2CCCN(C(=O)Nc3ccccc3C(F)(F)F)CC2)n1. The summed E-state index contributed by atoms with van der Waals surface area (Å²) in [6.07, 6.45) is -3.18. The van der Waals surface area contributed by atoms with Gasteiger partial charge in [0.15, 0.2) is 0 Å². The zero-order valence-corrected chi connectivity index (χ0v) is 19.8. The third-order valence-corrected chi connectivity index (χ3v) is 6.08. The molecule has 2 amide bonds. The summed E-state index contributed by atoms with van der Waals surface area (Å²) < 4.78 is 40.0. The van der Waals surface area contributed by atoms with Gasteiger partial charge in [-0.2, -0.15) is 13.2 Å². The minimum absolute atomic E-state index is 0.238. The number of rotatable bonds is 4. The van der Waals surface area contributed by atoms with E-state index in [0.29, 0.717) is 44.8 Å². The van der Waals surface area contributed by atoms with Gasteiger partial charge in [-0.15, -0.1) is 0 Å². The topological polar surface area (TPSA) is 61.4 Å². The predicted octanol–water partition coefficient (Wildman–Crippen LogP) is 5.45. The summed E-state index contributed by atoms with van der Waals surface area (Å²) in [6.45, 7) is 5.84. The monoisotopic (exact) mass is 483 g/mol. The Hall–Kier alpha value is -3.62. The Morgan fingerprint density at radius 3 is 2.40 bits per heavy atom. The number of halogens is 3. The van der Waals surface area contributed by atoms with Gasteiger partial charge in [-0.05, 0) is 38.0 Å². The van der Waals surface area contributed by atoms with Gasteiger partial charge in [-0.3, -0.25) is 0 Å². The Kier molecular flexibility index (Phi) is 7.23. The summed E-state index contributed by atoms with van der Waals surface area (Å²) in [5.74, 6) is 1.53. The molecule has 35 heavy (non-hydrogen) atoms. The lowest BCUT2D eigenvalue weighted by Gasteiger charge is -2.26. The maximum Gasteiger partial charge on any atom is 0.418 e. The first-order chi connectivity index (χ1) is 16.7. The molecule has 2 aromatic carbocycles. The van der Waals surface area contributed by atoms with Crippen LogP contribution in [-0.2, 0) is 12.6 Å². The lowest BCUT2D eigenvalue weighted by atomic mass is 10.0. The summed E-state index contributed by atoms with van der Waals surface area (Å²) >= 11 is 0. The Labute approximate surface area is 202 Å². The first kappa shape index (κ1) is 24.5. The largest absolute Gasteiger partial charge is 0.418 e. The molecule has 0 bridgehead atoms. The second kappa shape index (κ2) is 10.3. The number of amides is 2. The molecule has 3 aromatic rings. The molecule has 4 rings (SSSR count). The van der Waals surface area contributed by atoms with Crippen LogP contribution in [0.25, 0.3) is 0 Å². The summed E-state index contributed by atoms with van der Waals surface area (Å²) in [5, 5.41) is 2.45. The molecule has 1 saturated heterocycles. The molecule has 0 unspecified atom stereocenters. The maximum absolute atomic E-state index is 13.3. The number of hydrogen-bond acceptors (Lipinski definition) is 4. The second-order valence-corrected chi connectivity index (χ2v) is 8.62. The number of aromatic nitrogens is 2. The molecule has 2 heterocycles. The molecule has 0 spiro atoms. The highest BCUT2D eigenvalue weighted by Crippen LogP contribution is 2.34. The van der Waals surface area contributed by atoms with Gasteiger partial charge in [0.2, 0.25) is 0 Å². The quantitative estimate of drug-likeness (QED) is 0.536. The lowest BCUT2D eigenvalue weighted by molar-refractivity contribution is -0.136. The van der Waals surface area contributed by atoms with E-state index in [0.717, 1.165) is 28.7 Å². The van der Waals surface area contributed by atoms with E-state index in [9.17, 15) is 18.0 Å². The molecule has 1 aliphatic heterocycles. The van der Waals surface area contributed by atoms with Crippen LogP contribution in [0.1, 0.15) is 34.6 Å². The van der Waals surface area contributed by atoms with Crippen LogP contribution in [0, 0.1) is 13.8 Å². The minimum atomic E-state index is -4.54. The molecule has 0 atom stereocenters. The molecule has 0 radical (unpaired) electrons. The highest BCUT2D eigenvalue weighted by Gasteiger charge is 2.34. The average Bonchev–Trinajstić information content (AvgIpc) is 3.07. The van der Waals surface area contributed by atoms with Crippen molar-refractivity contribution < 1.29 is 18.0 Å². The van der Waals surface area contributed by atoms with Crippen molar-refractivity contribution in [3.8, 4) is 0 Å². The number of carbonyl (C=O) groups excluding carboxylic acids is 1. The van der Waals surface area contributed by atoms with E-state index in [1.54, 1.807) is 4.90 Å². The van der Waals surface area contributed by atoms with Crippen molar-refractivity contribution in [2.45, 2.75) is 32.9 Å². The van der Waals surface area contributed by atoms with E-state index < -0.39 is 17.8 Å². The second-order valence-electron chi connectivity index (χ2n) is 8.62. The van der Waals surface area contributed by atoms with Crippen molar-refractivity contribution >= 4 is 17.5 Å². The summed E-state index contributed by atoms with van der Waals surface area (Å²) in [7, 11) is 0. The fraction of sp³-hybridized carbons (Fsp3) is 0.346. The van der Waals surface area contributed by atoms with Crippen LogP contribution >= 0.6 is 0 Å². The smallest absolute Gasteiger partial charge is 0.354 e. The van der Waals surface area contributed by atoms with Gasteiger partial charge in [0.1, 0.15) is 11.6 Å². The van der Waals surface area contributed by atoms with Crippen molar-refractivity contribution in [2.24, 2.45) is 0 Å². The number of urea groups is 1. The third-order valence-electron chi connectivity index (χ3n) is 6.08. The fourth-order valence-electron chi connectivity index (χ4n) is 4.35. The molecule has 9 heteroatoms. The number of anilines is 2. The van der Waals surface area contributed by atoms with Gasteiger partial charge < -0.3 is 15.1 Å². The summed E-state index contributed by atoms with van der Waals surface area (Å²) in [6, 6.07) is 14.6. The van der Waals surface area contributed by atoms with Gasteiger partial charge in [0.25, 0.3) is 0 Å². The van der Waals surface area contributed by atoms with E-state index in [-0.39, 0.29) is 5.69 Å². The van der Waals surface area contributed by atoms with E-state index in [2.05, 4.69) is 27.3 Å². The number of nitrogens with one attached hydrogen (secondary N) is 1. The Balaban J connectivity index is 1.50. The number of hydrogen-bond donors (Lipinski definition) is 1. The third kappa shape index (κ3) is 5.90. The number of para-hydroxylation sites is 1. The molecule has 0 aliphatic carbocycles. The summed E-state index contributed by atoms with van der Waals surface area (Å²) in [4.78, 5) is 25.9. The standard InChI is InChI=1S/C26H28F3N5O/c1-18-21(17-20-9-4-3-5-10-20)24(31-19(2)30-18)33-13-8-14-34(16-15-33)25(35)32-23-12-7-6-11-22(23)26(27,28)29/h3-7,9-12H,8,13-17H2,1-2H3,(H,32,35). The zero-order valence-electron chi connectivity index (χ0n) is 19.8. The molecule has 184 valence electrons. The molecule has 1 N–H and O–H groups in total. The molecule has 6 nitrogen and oxygen atoms in total. The zero-order chi connectivity index (χ0) is 25.0. The van der Waals surface area contributed by atoms with Gasteiger partial charge in [-0.1, -0.05) is 42.5 Å². The average molecular weight is 484 g/mol. The predicted molar refractivity (Wildman–Crippen MR) is 130 cm³/mol. The number of carbonyl (C=O) groups is 1. The van der Waals surface area contributed by atoms with Crippen LogP contribution in [0.5, 0.6) is 0 Å². The number of alkyl halides is 3. The molecule has 1 fully saturated rings. The van der Waals surface area contributed by atoms with Crippen LogP contribution in [0.3, 0.4) is 0 Å².